The highest BCUT2D eigenvalue weighted by Gasteiger charge is 2.14. The molecule has 0 unspecified atom stereocenters. The molecule has 1 heterocycles. The third-order valence-corrected chi connectivity index (χ3v) is 3.73. The standard InChI is InChI=1S/C20H16FN3O4/c21-15-8-4-5-9-16(15)22-18(25)13-28-20(27)17-10-11-19(26)24(23-17)12-14-6-2-1-3-7-14/h1-11H,12-13H2,(H,22,25). The van der Waals surface area contributed by atoms with Crippen LogP contribution in [0, 0.1) is 5.82 Å². The SMILES string of the molecule is O=C(COC(=O)c1ccc(=O)n(Cc2ccccc2)n1)Nc1ccccc1F. The van der Waals surface area contributed by atoms with Crippen molar-refractivity contribution in [1.82, 2.24) is 9.78 Å². The van der Waals surface area contributed by atoms with Crippen molar-refractivity contribution in [2.24, 2.45) is 0 Å². The quantitative estimate of drug-likeness (QED) is 0.662. The molecule has 0 aliphatic carbocycles. The smallest absolute Gasteiger partial charge is 0.359 e. The Balaban J connectivity index is 1.63. The molecule has 3 rings (SSSR count). The summed E-state index contributed by atoms with van der Waals surface area (Å²) in [6, 6.07) is 17.2. The number of hydrogen-bond acceptors (Lipinski definition) is 5. The minimum absolute atomic E-state index is 0.0157. The second-order valence-corrected chi connectivity index (χ2v) is 5.80. The third kappa shape index (κ3) is 4.88. The van der Waals surface area contributed by atoms with Gasteiger partial charge in [0.1, 0.15) is 5.82 Å². The van der Waals surface area contributed by atoms with Gasteiger partial charge in [-0.25, -0.2) is 13.9 Å². The van der Waals surface area contributed by atoms with Crippen LogP contribution in [0.25, 0.3) is 0 Å². The van der Waals surface area contributed by atoms with E-state index in [0.717, 1.165) is 10.2 Å². The molecule has 0 radical (unpaired) electrons. The van der Waals surface area contributed by atoms with E-state index in [-0.39, 0.29) is 23.5 Å². The van der Waals surface area contributed by atoms with E-state index in [1.54, 1.807) is 6.07 Å². The van der Waals surface area contributed by atoms with Crippen LogP contribution in [0.4, 0.5) is 10.1 Å². The number of nitrogens with one attached hydrogen (secondary N) is 1. The lowest BCUT2D eigenvalue weighted by atomic mass is 10.2. The molecule has 2 aromatic carbocycles. The van der Waals surface area contributed by atoms with Gasteiger partial charge in [0.25, 0.3) is 11.5 Å². The molecule has 0 fully saturated rings. The number of carbonyl (C=O) groups is 2. The first-order chi connectivity index (χ1) is 13.5. The van der Waals surface area contributed by atoms with Gasteiger partial charge in [0.15, 0.2) is 12.3 Å². The summed E-state index contributed by atoms with van der Waals surface area (Å²) in [4.78, 5) is 35.9. The summed E-state index contributed by atoms with van der Waals surface area (Å²) in [6.45, 7) is -0.429. The van der Waals surface area contributed by atoms with Crippen molar-refractivity contribution in [2.45, 2.75) is 6.54 Å². The fourth-order valence-electron chi connectivity index (χ4n) is 2.38. The fourth-order valence-corrected chi connectivity index (χ4v) is 2.38. The Morgan fingerprint density at radius 1 is 1.00 bits per heavy atom. The number of hydrogen-bond donors (Lipinski definition) is 1. The maximum absolute atomic E-state index is 13.5. The summed E-state index contributed by atoms with van der Waals surface area (Å²) in [5, 5.41) is 6.28. The maximum atomic E-state index is 13.5. The molecule has 1 amide bonds. The van der Waals surface area contributed by atoms with Gasteiger partial charge in [0, 0.05) is 6.07 Å². The van der Waals surface area contributed by atoms with Gasteiger partial charge in [-0.1, -0.05) is 42.5 Å². The number of nitrogens with zero attached hydrogens (tertiary/aromatic N) is 2. The summed E-state index contributed by atoms with van der Waals surface area (Å²) in [6.07, 6.45) is 0. The Morgan fingerprint density at radius 2 is 1.71 bits per heavy atom. The van der Waals surface area contributed by atoms with Gasteiger partial charge in [-0.3, -0.25) is 9.59 Å². The highest BCUT2D eigenvalue weighted by molar-refractivity contribution is 5.94. The predicted octanol–water partition coefficient (Wildman–Crippen LogP) is 2.23. The van der Waals surface area contributed by atoms with Crippen molar-refractivity contribution < 1.29 is 18.7 Å². The highest BCUT2D eigenvalue weighted by Crippen LogP contribution is 2.12. The summed E-state index contributed by atoms with van der Waals surface area (Å²) in [5.74, 6) is -2.17. The Hall–Kier alpha value is -3.81. The van der Waals surface area contributed by atoms with Gasteiger partial charge < -0.3 is 10.1 Å². The monoisotopic (exact) mass is 381 g/mol. The van der Waals surface area contributed by atoms with Crippen molar-refractivity contribution in [3.05, 3.63) is 94.2 Å². The van der Waals surface area contributed by atoms with E-state index < -0.39 is 24.3 Å². The molecule has 3 aromatic rings. The van der Waals surface area contributed by atoms with Crippen molar-refractivity contribution in [3.63, 3.8) is 0 Å². The third-order valence-electron chi connectivity index (χ3n) is 3.73. The van der Waals surface area contributed by atoms with Crippen LogP contribution in [0.3, 0.4) is 0 Å². The van der Waals surface area contributed by atoms with Crippen LogP contribution in [-0.2, 0) is 16.1 Å². The Bertz CT molecular complexity index is 1050. The van der Waals surface area contributed by atoms with E-state index >= 15 is 0 Å². The number of amides is 1. The number of aromatic nitrogens is 2. The van der Waals surface area contributed by atoms with Crippen LogP contribution in [0.2, 0.25) is 0 Å². The zero-order valence-corrected chi connectivity index (χ0v) is 14.7. The number of halogens is 1. The Morgan fingerprint density at radius 3 is 2.46 bits per heavy atom. The first-order valence-electron chi connectivity index (χ1n) is 8.36. The molecule has 1 N–H and O–H groups in total. The predicted molar refractivity (Wildman–Crippen MR) is 99.4 cm³/mol. The first-order valence-corrected chi connectivity index (χ1v) is 8.36. The van der Waals surface area contributed by atoms with Crippen LogP contribution in [-0.4, -0.2) is 28.3 Å². The number of ether oxygens (including phenoxy) is 1. The number of anilines is 1. The largest absolute Gasteiger partial charge is 0.451 e. The minimum atomic E-state index is -0.870. The van der Waals surface area contributed by atoms with Crippen molar-refractivity contribution in [2.75, 3.05) is 11.9 Å². The molecule has 0 saturated heterocycles. The van der Waals surface area contributed by atoms with Crippen molar-refractivity contribution >= 4 is 17.6 Å². The lowest BCUT2D eigenvalue weighted by molar-refractivity contribution is -0.119. The fraction of sp³-hybridized carbons (Fsp3) is 0.100. The summed E-state index contributed by atoms with van der Waals surface area (Å²) >= 11 is 0. The van der Waals surface area contributed by atoms with Gasteiger partial charge in [-0.15, -0.1) is 0 Å². The zero-order chi connectivity index (χ0) is 19.9. The number of benzene rings is 2. The van der Waals surface area contributed by atoms with Gasteiger partial charge in [-0.05, 0) is 23.8 Å². The molecule has 7 nitrogen and oxygen atoms in total. The second-order valence-electron chi connectivity index (χ2n) is 5.80. The molecule has 0 saturated carbocycles. The van der Waals surface area contributed by atoms with Crippen molar-refractivity contribution in [1.29, 1.82) is 0 Å². The molecule has 0 atom stereocenters. The molecule has 0 aliphatic rings. The molecule has 0 aliphatic heterocycles. The summed E-state index contributed by atoms with van der Waals surface area (Å²) in [5.41, 5.74) is 0.330. The lowest BCUT2D eigenvalue weighted by Crippen LogP contribution is -2.27. The van der Waals surface area contributed by atoms with Crippen LogP contribution in [0.5, 0.6) is 0 Å². The van der Waals surface area contributed by atoms with Gasteiger partial charge in [0.2, 0.25) is 0 Å². The van der Waals surface area contributed by atoms with Crippen LogP contribution < -0.4 is 10.9 Å². The molecule has 8 heteroatoms. The number of esters is 1. The van der Waals surface area contributed by atoms with E-state index in [2.05, 4.69) is 10.4 Å². The highest BCUT2D eigenvalue weighted by atomic mass is 19.1. The Kier molecular flexibility index (Phi) is 5.91. The first kappa shape index (κ1) is 19.0. The van der Waals surface area contributed by atoms with E-state index in [1.165, 1.54) is 30.3 Å². The van der Waals surface area contributed by atoms with Crippen LogP contribution >= 0.6 is 0 Å². The number of para-hydroxylation sites is 1. The van der Waals surface area contributed by atoms with E-state index in [0.29, 0.717) is 0 Å². The van der Waals surface area contributed by atoms with Crippen molar-refractivity contribution in [3.8, 4) is 0 Å². The number of carbonyl (C=O) groups excluding carboxylic acids is 2. The molecular formula is C20H16FN3O4. The zero-order valence-electron chi connectivity index (χ0n) is 14.7. The Labute approximate surface area is 159 Å². The van der Waals surface area contributed by atoms with E-state index in [4.69, 9.17) is 4.74 Å². The van der Waals surface area contributed by atoms with Gasteiger partial charge >= 0.3 is 5.97 Å². The normalized spacial score (nSPS) is 10.3. The molecule has 28 heavy (non-hydrogen) atoms. The average Bonchev–Trinajstić information content (AvgIpc) is 2.70. The van der Waals surface area contributed by atoms with Crippen LogP contribution in [0.1, 0.15) is 16.1 Å². The van der Waals surface area contributed by atoms with E-state index in [1.807, 2.05) is 30.3 Å². The molecule has 1 aromatic heterocycles. The molecule has 0 bridgehead atoms. The summed E-state index contributed by atoms with van der Waals surface area (Å²) < 4.78 is 19.5. The minimum Gasteiger partial charge on any atom is -0.451 e. The topological polar surface area (TPSA) is 90.3 Å². The molecule has 142 valence electrons. The second kappa shape index (κ2) is 8.72. The van der Waals surface area contributed by atoms with Gasteiger partial charge in [0.05, 0.1) is 12.2 Å². The average molecular weight is 381 g/mol. The van der Waals surface area contributed by atoms with Gasteiger partial charge in [-0.2, -0.15) is 5.10 Å². The maximum Gasteiger partial charge on any atom is 0.359 e. The lowest BCUT2D eigenvalue weighted by Gasteiger charge is -2.08. The van der Waals surface area contributed by atoms with E-state index in [9.17, 15) is 18.8 Å². The summed E-state index contributed by atoms with van der Waals surface area (Å²) in [7, 11) is 0. The molecular weight excluding hydrogens is 365 g/mol. The molecule has 0 spiro atoms. The number of rotatable bonds is 6. The van der Waals surface area contributed by atoms with Crippen LogP contribution in [0.15, 0.2) is 71.5 Å².